The maximum absolute atomic E-state index is 12.6. The lowest BCUT2D eigenvalue weighted by Crippen LogP contribution is -2.58. The van der Waals surface area contributed by atoms with Gasteiger partial charge in [0.25, 0.3) is 5.82 Å². The van der Waals surface area contributed by atoms with Crippen LogP contribution in [0.3, 0.4) is 0 Å². The van der Waals surface area contributed by atoms with Gasteiger partial charge in [0.05, 0.1) is 5.52 Å². The number of nitrogens with zero attached hydrogens (tertiary/aromatic N) is 6. The van der Waals surface area contributed by atoms with Gasteiger partial charge in [0.2, 0.25) is 5.52 Å². The van der Waals surface area contributed by atoms with Crippen molar-refractivity contribution in [3.8, 4) is 5.75 Å². The van der Waals surface area contributed by atoms with E-state index in [-0.39, 0.29) is 29.7 Å². The molecule has 0 radical (unpaired) electrons. The molecule has 3 heterocycles. The average molecular weight is 501 g/mol. The number of hydrogen-bond acceptors (Lipinski definition) is 6. The Labute approximate surface area is 206 Å². The molecule has 1 aliphatic heterocycles. The van der Waals surface area contributed by atoms with E-state index in [9.17, 15) is 18.0 Å². The van der Waals surface area contributed by atoms with Gasteiger partial charge in [-0.25, -0.2) is 4.79 Å². The third-order valence-corrected chi connectivity index (χ3v) is 6.76. The van der Waals surface area contributed by atoms with Crippen molar-refractivity contribution < 1.29 is 17.9 Å². The standard InChI is InChI=1S/C25H27F3N6O2/c1-6-18-14-33(16(3)17-7-9-19(10-8-17)36-25(26,27)28)15(2)13-34(18)23-22-20(32(5)24(35)31-23)11-12-21(29-4)30-22/h7-12,15-16,18H,6,13-14H2,1-3,5H3/t15-,16?,18+/m1/s1. The van der Waals surface area contributed by atoms with E-state index in [4.69, 9.17) is 6.57 Å². The van der Waals surface area contributed by atoms with Crippen LogP contribution >= 0.6 is 0 Å². The molecule has 36 heavy (non-hydrogen) atoms. The molecule has 190 valence electrons. The van der Waals surface area contributed by atoms with E-state index in [0.717, 1.165) is 12.0 Å². The van der Waals surface area contributed by atoms with Crippen molar-refractivity contribution in [3.63, 3.8) is 0 Å². The molecule has 1 aromatic carbocycles. The predicted molar refractivity (Wildman–Crippen MR) is 130 cm³/mol. The number of hydrogen-bond donors (Lipinski definition) is 0. The molecule has 11 heteroatoms. The molecular formula is C25H27F3N6O2. The van der Waals surface area contributed by atoms with Crippen LogP contribution in [0, 0.1) is 6.57 Å². The highest BCUT2D eigenvalue weighted by molar-refractivity contribution is 5.87. The molecule has 0 saturated carbocycles. The Balaban J connectivity index is 1.63. The maximum Gasteiger partial charge on any atom is 0.573 e. The SMILES string of the molecule is [C-]#[N+]c1ccc2c(n1)c(N1C[C@@H](C)N(C(C)c3ccc(OC(F)(F)F)cc3)C[C@@H]1CC)nc(=O)n2C. The molecule has 1 aliphatic rings. The van der Waals surface area contributed by atoms with Gasteiger partial charge in [-0.1, -0.05) is 25.6 Å². The molecule has 0 bridgehead atoms. The molecule has 0 spiro atoms. The maximum atomic E-state index is 12.6. The highest BCUT2D eigenvalue weighted by Gasteiger charge is 2.36. The molecule has 0 aliphatic carbocycles. The Kier molecular flexibility index (Phi) is 6.91. The summed E-state index contributed by atoms with van der Waals surface area (Å²) < 4.78 is 42.9. The topological polar surface area (TPSA) is 67.9 Å². The summed E-state index contributed by atoms with van der Waals surface area (Å²) in [6.07, 6.45) is -3.96. The number of piperazine rings is 1. The van der Waals surface area contributed by atoms with E-state index in [1.165, 1.54) is 16.7 Å². The van der Waals surface area contributed by atoms with Crippen LogP contribution in [0.2, 0.25) is 0 Å². The van der Waals surface area contributed by atoms with Crippen molar-refractivity contribution >= 4 is 22.7 Å². The highest BCUT2D eigenvalue weighted by atomic mass is 19.4. The van der Waals surface area contributed by atoms with Crippen molar-refractivity contribution in [3.05, 3.63) is 63.9 Å². The molecule has 0 N–H and O–H groups in total. The van der Waals surface area contributed by atoms with E-state index in [0.29, 0.717) is 29.9 Å². The number of pyridine rings is 1. The monoisotopic (exact) mass is 500 g/mol. The summed E-state index contributed by atoms with van der Waals surface area (Å²) in [5.74, 6) is 0.450. The van der Waals surface area contributed by atoms with Gasteiger partial charge >= 0.3 is 12.1 Å². The van der Waals surface area contributed by atoms with Gasteiger partial charge in [0, 0.05) is 38.3 Å². The summed E-state index contributed by atoms with van der Waals surface area (Å²) in [5.41, 5.74) is 1.60. The number of halogens is 3. The minimum atomic E-state index is -4.73. The summed E-state index contributed by atoms with van der Waals surface area (Å²) in [6, 6.07) is 9.25. The van der Waals surface area contributed by atoms with Gasteiger partial charge in [-0.3, -0.25) is 9.47 Å². The fourth-order valence-electron chi connectivity index (χ4n) is 4.81. The molecule has 0 amide bonds. The second-order valence-corrected chi connectivity index (χ2v) is 8.98. The number of aryl methyl sites for hydroxylation is 1. The molecule has 8 nitrogen and oxygen atoms in total. The van der Waals surface area contributed by atoms with Crippen LogP contribution < -0.4 is 15.3 Å². The summed E-state index contributed by atoms with van der Waals surface area (Å²) >= 11 is 0. The molecule has 1 fully saturated rings. The number of anilines is 1. The third-order valence-electron chi connectivity index (χ3n) is 6.76. The van der Waals surface area contributed by atoms with Gasteiger partial charge in [-0.15, -0.1) is 18.2 Å². The number of alkyl halides is 3. The van der Waals surface area contributed by atoms with E-state index >= 15 is 0 Å². The smallest absolute Gasteiger partial charge is 0.406 e. The van der Waals surface area contributed by atoms with Gasteiger partial charge in [0.15, 0.2) is 5.82 Å². The lowest BCUT2D eigenvalue weighted by atomic mass is 9.99. The van der Waals surface area contributed by atoms with E-state index in [1.54, 1.807) is 31.3 Å². The predicted octanol–water partition coefficient (Wildman–Crippen LogP) is 4.83. The number of fused-ring (bicyclic) bond motifs is 1. The number of benzene rings is 1. The first-order chi connectivity index (χ1) is 17.0. The molecule has 2 aromatic heterocycles. The molecule has 4 rings (SSSR count). The number of ether oxygens (including phenoxy) is 1. The zero-order valence-electron chi connectivity index (χ0n) is 20.5. The Bertz CT molecular complexity index is 1350. The van der Waals surface area contributed by atoms with Gasteiger partial charge in [0.1, 0.15) is 5.75 Å². The summed E-state index contributed by atoms with van der Waals surface area (Å²) in [4.78, 5) is 29.3. The Morgan fingerprint density at radius 2 is 1.86 bits per heavy atom. The fraction of sp³-hybridized carbons (Fsp3) is 0.440. The third kappa shape index (κ3) is 4.99. The number of rotatable bonds is 5. The van der Waals surface area contributed by atoms with Crippen LogP contribution in [0.5, 0.6) is 5.75 Å². The molecule has 1 unspecified atom stereocenters. The van der Waals surface area contributed by atoms with Gasteiger partial charge in [-0.2, -0.15) is 4.98 Å². The van der Waals surface area contributed by atoms with E-state index < -0.39 is 12.1 Å². The minimum absolute atomic E-state index is 0.0117. The van der Waals surface area contributed by atoms with Crippen molar-refractivity contribution in [1.29, 1.82) is 0 Å². The minimum Gasteiger partial charge on any atom is -0.406 e. The van der Waals surface area contributed by atoms with Crippen molar-refractivity contribution in [2.24, 2.45) is 7.05 Å². The van der Waals surface area contributed by atoms with Crippen LogP contribution in [0.1, 0.15) is 38.8 Å². The largest absolute Gasteiger partial charge is 0.573 e. The van der Waals surface area contributed by atoms with Gasteiger partial charge in [-0.05, 0) is 50.1 Å². The normalized spacial score (nSPS) is 19.8. The molecular weight excluding hydrogens is 473 g/mol. The molecule has 3 aromatic rings. The zero-order chi connectivity index (χ0) is 26.2. The molecule has 1 saturated heterocycles. The first-order valence-electron chi connectivity index (χ1n) is 11.7. The molecule has 3 atom stereocenters. The quantitative estimate of drug-likeness (QED) is 0.468. The van der Waals surface area contributed by atoms with E-state index in [2.05, 4.69) is 43.2 Å². The lowest BCUT2D eigenvalue weighted by molar-refractivity contribution is -0.274. The van der Waals surface area contributed by atoms with E-state index in [1.807, 2.05) is 6.92 Å². The second-order valence-electron chi connectivity index (χ2n) is 8.98. The Morgan fingerprint density at radius 3 is 2.47 bits per heavy atom. The lowest BCUT2D eigenvalue weighted by Gasteiger charge is -2.48. The second kappa shape index (κ2) is 9.78. The highest BCUT2D eigenvalue weighted by Crippen LogP contribution is 2.33. The van der Waals surface area contributed by atoms with Crippen molar-refractivity contribution in [2.75, 3.05) is 18.0 Å². The average Bonchev–Trinajstić information content (AvgIpc) is 2.84. The van der Waals surface area contributed by atoms with Gasteiger partial charge < -0.3 is 14.5 Å². The first kappa shape index (κ1) is 25.4. The van der Waals surface area contributed by atoms with Crippen LogP contribution in [0.25, 0.3) is 15.9 Å². The van der Waals surface area contributed by atoms with Crippen LogP contribution in [0.15, 0.2) is 41.2 Å². The van der Waals surface area contributed by atoms with Crippen LogP contribution in [-0.4, -0.2) is 51.0 Å². The summed E-state index contributed by atoms with van der Waals surface area (Å²) in [7, 11) is 1.63. The van der Waals surface area contributed by atoms with Crippen LogP contribution in [-0.2, 0) is 7.05 Å². The zero-order valence-corrected chi connectivity index (χ0v) is 20.5. The first-order valence-corrected chi connectivity index (χ1v) is 11.7. The Hall–Kier alpha value is -3.65. The summed E-state index contributed by atoms with van der Waals surface area (Å²) in [6.45, 7) is 14.7. The summed E-state index contributed by atoms with van der Waals surface area (Å²) in [5, 5.41) is 0. The fourth-order valence-corrected chi connectivity index (χ4v) is 4.81. The number of aromatic nitrogens is 3. The Morgan fingerprint density at radius 1 is 1.17 bits per heavy atom. The van der Waals surface area contributed by atoms with Crippen molar-refractivity contribution in [1.82, 2.24) is 19.4 Å². The van der Waals surface area contributed by atoms with Crippen LogP contribution in [0.4, 0.5) is 24.8 Å². The van der Waals surface area contributed by atoms with Crippen molar-refractivity contribution in [2.45, 2.75) is 51.7 Å².